The molecular formula is C11H12O3. The van der Waals surface area contributed by atoms with Gasteiger partial charge in [-0.25, -0.2) is 0 Å². The van der Waals surface area contributed by atoms with E-state index in [9.17, 15) is 9.90 Å². The molecule has 0 saturated heterocycles. The number of hydrogen-bond acceptors (Lipinski definition) is 3. The predicted molar refractivity (Wildman–Crippen MR) is 51.2 cm³/mol. The summed E-state index contributed by atoms with van der Waals surface area (Å²) in [6, 6.07) is 5.54. The molecular weight excluding hydrogens is 180 g/mol. The van der Waals surface area contributed by atoms with Crippen LogP contribution >= 0.6 is 0 Å². The van der Waals surface area contributed by atoms with Crippen molar-refractivity contribution in [3.8, 4) is 5.75 Å². The first-order valence-electron chi connectivity index (χ1n) is 4.55. The highest BCUT2D eigenvalue weighted by Crippen LogP contribution is 2.37. The minimum atomic E-state index is -0.817. The SMILES string of the molecule is CC(=O)C1Oc2ccc(C)cc2C1O. The molecule has 0 aliphatic carbocycles. The Balaban J connectivity index is 2.41. The third kappa shape index (κ3) is 1.30. The van der Waals surface area contributed by atoms with Crippen LogP contribution in [-0.2, 0) is 4.79 Å². The molecule has 0 aromatic heterocycles. The Morgan fingerprint density at radius 2 is 2.21 bits per heavy atom. The molecule has 2 atom stereocenters. The van der Waals surface area contributed by atoms with E-state index in [4.69, 9.17) is 4.74 Å². The van der Waals surface area contributed by atoms with Gasteiger partial charge in [0.25, 0.3) is 0 Å². The fourth-order valence-corrected chi connectivity index (χ4v) is 1.68. The summed E-state index contributed by atoms with van der Waals surface area (Å²) in [5.74, 6) is 0.467. The molecule has 0 spiro atoms. The number of carbonyl (C=O) groups excluding carboxylic acids is 1. The summed E-state index contributed by atoms with van der Waals surface area (Å²) in [7, 11) is 0. The smallest absolute Gasteiger partial charge is 0.186 e. The summed E-state index contributed by atoms with van der Waals surface area (Å²) >= 11 is 0. The van der Waals surface area contributed by atoms with Crippen molar-refractivity contribution in [3.05, 3.63) is 29.3 Å². The molecule has 1 aliphatic heterocycles. The second kappa shape index (κ2) is 3.10. The van der Waals surface area contributed by atoms with Gasteiger partial charge in [0.05, 0.1) is 0 Å². The molecule has 0 bridgehead atoms. The molecule has 74 valence electrons. The van der Waals surface area contributed by atoms with Crippen molar-refractivity contribution in [1.29, 1.82) is 0 Å². The van der Waals surface area contributed by atoms with E-state index in [1.54, 1.807) is 6.07 Å². The molecule has 3 nitrogen and oxygen atoms in total. The van der Waals surface area contributed by atoms with Crippen molar-refractivity contribution in [2.24, 2.45) is 0 Å². The predicted octanol–water partition coefficient (Wildman–Crippen LogP) is 1.38. The van der Waals surface area contributed by atoms with Crippen LogP contribution in [0.1, 0.15) is 24.2 Å². The number of ether oxygens (including phenoxy) is 1. The van der Waals surface area contributed by atoms with Crippen LogP contribution in [0, 0.1) is 6.92 Å². The number of rotatable bonds is 1. The molecule has 1 aliphatic rings. The van der Waals surface area contributed by atoms with E-state index in [0.29, 0.717) is 11.3 Å². The fourth-order valence-electron chi connectivity index (χ4n) is 1.68. The van der Waals surface area contributed by atoms with Crippen molar-refractivity contribution >= 4 is 5.78 Å². The standard InChI is InChI=1S/C11H12O3/c1-6-3-4-9-8(5-6)10(13)11(14-9)7(2)12/h3-5,10-11,13H,1-2H3. The quantitative estimate of drug-likeness (QED) is 0.731. The summed E-state index contributed by atoms with van der Waals surface area (Å²) < 4.78 is 5.34. The van der Waals surface area contributed by atoms with E-state index in [1.807, 2.05) is 19.1 Å². The van der Waals surface area contributed by atoms with E-state index in [2.05, 4.69) is 0 Å². The molecule has 0 fully saturated rings. The number of benzene rings is 1. The lowest BCUT2D eigenvalue weighted by Gasteiger charge is -2.09. The Morgan fingerprint density at radius 1 is 1.50 bits per heavy atom. The van der Waals surface area contributed by atoms with Crippen LogP contribution < -0.4 is 4.74 Å². The number of aliphatic hydroxyl groups excluding tert-OH is 1. The fraction of sp³-hybridized carbons (Fsp3) is 0.364. The first-order chi connectivity index (χ1) is 6.59. The summed E-state index contributed by atoms with van der Waals surface area (Å²) in [5, 5.41) is 9.79. The first-order valence-corrected chi connectivity index (χ1v) is 4.55. The summed E-state index contributed by atoms with van der Waals surface area (Å²) in [4.78, 5) is 11.1. The minimum Gasteiger partial charge on any atom is -0.479 e. The van der Waals surface area contributed by atoms with E-state index in [-0.39, 0.29) is 5.78 Å². The number of carbonyl (C=O) groups is 1. The average Bonchev–Trinajstić information content (AvgIpc) is 2.44. The summed E-state index contributed by atoms with van der Waals surface area (Å²) in [6.45, 7) is 3.36. The van der Waals surface area contributed by atoms with Crippen LogP contribution in [0.25, 0.3) is 0 Å². The Hall–Kier alpha value is -1.35. The maximum atomic E-state index is 11.1. The van der Waals surface area contributed by atoms with Crippen LogP contribution in [-0.4, -0.2) is 17.0 Å². The lowest BCUT2D eigenvalue weighted by molar-refractivity contribution is -0.126. The van der Waals surface area contributed by atoms with Crippen LogP contribution in [0.4, 0.5) is 0 Å². The van der Waals surface area contributed by atoms with Gasteiger partial charge in [-0.1, -0.05) is 11.6 Å². The molecule has 0 radical (unpaired) electrons. The van der Waals surface area contributed by atoms with E-state index in [1.165, 1.54) is 6.92 Å². The zero-order valence-electron chi connectivity index (χ0n) is 8.15. The Kier molecular flexibility index (Phi) is 2.04. The van der Waals surface area contributed by atoms with Crippen molar-refractivity contribution in [3.63, 3.8) is 0 Å². The Labute approximate surface area is 82.3 Å². The molecule has 1 heterocycles. The van der Waals surface area contributed by atoms with Crippen molar-refractivity contribution in [2.45, 2.75) is 26.1 Å². The van der Waals surface area contributed by atoms with Crippen molar-refractivity contribution < 1.29 is 14.6 Å². The highest BCUT2D eigenvalue weighted by atomic mass is 16.5. The number of fused-ring (bicyclic) bond motifs is 1. The highest BCUT2D eigenvalue weighted by molar-refractivity contribution is 5.82. The normalized spacial score (nSPS) is 24.2. The van der Waals surface area contributed by atoms with Gasteiger partial charge in [-0.3, -0.25) is 4.79 Å². The van der Waals surface area contributed by atoms with Gasteiger partial charge in [0, 0.05) is 5.56 Å². The zero-order valence-corrected chi connectivity index (χ0v) is 8.15. The second-order valence-corrected chi connectivity index (χ2v) is 3.64. The van der Waals surface area contributed by atoms with Gasteiger partial charge in [0.15, 0.2) is 11.9 Å². The average molecular weight is 192 g/mol. The van der Waals surface area contributed by atoms with E-state index >= 15 is 0 Å². The Bertz CT molecular complexity index is 384. The molecule has 2 rings (SSSR count). The molecule has 2 unspecified atom stereocenters. The van der Waals surface area contributed by atoms with Crippen LogP contribution in [0.5, 0.6) is 5.75 Å². The van der Waals surface area contributed by atoms with Crippen LogP contribution in [0.2, 0.25) is 0 Å². The zero-order chi connectivity index (χ0) is 10.3. The molecule has 14 heavy (non-hydrogen) atoms. The highest BCUT2D eigenvalue weighted by Gasteiger charge is 2.35. The lowest BCUT2D eigenvalue weighted by Crippen LogP contribution is -2.26. The molecule has 1 aromatic carbocycles. The van der Waals surface area contributed by atoms with Crippen LogP contribution in [0.15, 0.2) is 18.2 Å². The van der Waals surface area contributed by atoms with E-state index in [0.717, 1.165) is 5.56 Å². The van der Waals surface area contributed by atoms with Crippen molar-refractivity contribution in [2.75, 3.05) is 0 Å². The van der Waals surface area contributed by atoms with Crippen LogP contribution in [0.3, 0.4) is 0 Å². The number of Topliss-reactive ketones (excluding diaryl/α,β-unsaturated/α-hetero) is 1. The third-order valence-corrected chi connectivity index (χ3v) is 2.43. The van der Waals surface area contributed by atoms with Gasteiger partial charge in [-0.15, -0.1) is 0 Å². The minimum absolute atomic E-state index is 0.147. The van der Waals surface area contributed by atoms with Gasteiger partial charge in [0.1, 0.15) is 11.9 Å². The third-order valence-electron chi connectivity index (χ3n) is 2.43. The molecule has 0 saturated carbocycles. The number of aryl methyl sites for hydroxylation is 1. The van der Waals surface area contributed by atoms with E-state index < -0.39 is 12.2 Å². The van der Waals surface area contributed by atoms with Crippen molar-refractivity contribution in [1.82, 2.24) is 0 Å². The maximum absolute atomic E-state index is 11.1. The number of hydrogen-bond donors (Lipinski definition) is 1. The lowest BCUT2D eigenvalue weighted by atomic mass is 10.0. The monoisotopic (exact) mass is 192 g/mol. The van der Waals surface area contributed by atoms with Gasteiger partial charge in [-0.2, -0.15) is 0 Å². The van der Waals surface area contributed by atoms with Gasteiger partial charge < -0.3 is 9.84 Å². The van der Waals surface area contributed by atoms with Gasteiger partial charge in [0.2, 0.25) is 0 Å². The topological polar surface area (TPSA) is 46.5 Å². The molecule has 1 aromatic rings. The largest absolute Gasteiger partial charge is 0.479 e. The Morgan fingerprint density at radius 3 is 2.86 bits per heavy atom. The summed E-state index contributed by atoms with van der Waals surface area (Å²) in [5.41, 5.74) is 1.76. The maximum Gasteiger partial charge on any atom is 0.186 e. The number of aliphatic hydroxyl groups is 1. The van der Waals surface area contributed by atoms with Gasteiger partial charge >= 0.3 is 0 Å². The van der Waals surface area contributed by atoms with Gasteiger partial charge in [-0.05, 0) is 26.0 Å². The molecule has 1 N–H and O–H groups in total. The molecule has 3 heteroatoms. The summed E-state index contributed by atoms with van der Waals surface area (Å²) in [6.07, 6.45) is -1.55. The molecule has 0 amide bonds. The first kappa shape index (κ1) is 9.21. The number of ketones is 1. The second-order valence-electron chi connectivity index (χ2n) is 3.64.